The van der Waals surface area contributed by atoms with Gasteiger partial charge in [0.05, 0.1) is 6.42 Å². The summed E-state index contributed by atoms with van der Waals surface area (Å²) in [6, 6.07) is 4.76. The standard InChI is InChI=1S/C11H11Br2NO3/c1-6(2-10(15)16)14-11(17)7-3-8(12)5-9(13)4-7/h3-6H,2H2,1H3,(H,14,17)(H,15,16). The number of amides is 1. The van der Waals surface area contributed by atoms with Crippen LogP contribution in [0.2, 0.25) is 0 Å². The molecule has 1 unspecified atom stereocenters. The molecule has 1 amide bonds. The van der Waals surface area contributed by atoms with E-state index in [9.17, 15) is 9.59 Å². The second-order valence-electron chi connectivity index (χ2n) is 3.63. The van der Waals surface area contributed by atoms with Gasteiger partial charge in [-0.15, -0.1) is 0 Å². The highest BCUT2D eigenvalue weighted by molar-refractivity contribution is 9.11. The minimum absolute atomic E-state index is 0.0963. The highest BCUT2D eigenvalue weighted by Gasteiger charge is 2.13. The number of benzene rings is 1. The summed E-state index contributed by atoms with van der Waals surface area (Å²) < 4.78 is 1.56. The third-order valence-corrected chi connectivity index (χ3v) is 2.90. The zero-order valence-electron chi connectivity index (χ0n) is 9.04. The molecule has 1 rings (SSSR count). The molecule has 0 aromatic heterocycles. The number of carboxylic acid groups (broad SMARTS) is 1. The number of carbonyl (C=O) groups is 2. The van der Waals surface area contributed by atoms with Crippen LogP contribution in [-0.4, -0.2) is 23.0 Å². The zero-order valence-corrected chi connectivity index (χ0v) is 12.2. The van der Waals surface area contributed by atoms with Gasteiger partial charge in [-0.2, -0.15) is 0 Å². The summed E-state index contributed by atoms with van der Waals surface area (Å²) in [5, 5.41) is 11.2. The third-order valence-electron chi connectivity index (χ3n) is 1.98. The van der Waals surface area contributed by atoms with Gasteiger partial charge in [-0.1, -0.05) is 31.9 Å². The Kier molecular flexibility index (Phi) is 5.14. The van der Waals surface area contributed by atoms with Crippen molar-refractivity contribution < 1.29 is 14.7 Å². The Balaban J connectivity index is 2.72. The maximum absolute atomic E-state index is 11.8. The van der Waals surface area contributed by atoms with Crippen LogP contribution in [0.5, 0.6) is 0 Å². The van der Waals surface area contributed by atoms with Crippen LogP contribution in [0.25, 0.3) is 0 Å². The topological polar surface area (TPSA) is 66.4 Å². The van der Waals surface area contributed by atoms with Gasteiger partial charge in [-0.3, -0.25) is 9.59 Å². The predicted molar refractivity (Wildman–Crippen MR) is 71.0 cm³/mol. The van der Waals surface area contributed by atoms with Gasteiger partial charge in [0.1, 0.15) is 0 Å². The molecule has 1 atom stereocenters. The van der Waals surface area contributed by atoms with E-state index >= 15 is 0 Å². The van der Waals surface area contributed by atoms with Crippen LogP contribution in [0.4, 0.5) is 0 Å². The summed E-state index contributed by atoms with van der Waals surface area (Å²) in [6.45, 7) is 1.65. The van der Waals surface area contributed by atoms with Crippen molar-refractivity contribution >= 4 is 43.7 Å². The average molecular weight is 365 g/mol. The zero-order chi connectivity index (χ0) is 13.0. The normalized spacial score (nSPS) is 11.9. The molecule has 0 saturated heterocycles. The molecule has 0 aliphatic heterocycles. The lowest BCUT2D eigenvalue weighted by Crippen LogP contribution is -2.34. The molecule has 1 aromatic rings. The Hall–Kier alpha value is -0.880. The van der Waals surface area contributed by atoms with Crippen molar-refractivity contribution in [1.82, 2.24) is 5.32 Å². The lowest BCUT2D eigenvalue weighted by atomic mass is 10.2. The molecule has 0 spiro atoms. The second kappa shape index (κ2) is 6.16. The summed E-state index contributed by atoms with van der Waals surface area (Å²) in [5.41, 5.74) is 0.475. The van der Waals surface area contributed by atoms with Crippen molar-refractivity contribution in [2.45, 2.75) is 19.4 Å². The molecular weight excluding hydrogens is 354 g/mol. The third kappa shape index (κ3) is 4.87. The van der Waals surface area contributed by atoms with E-state index in [4.69, 9.17) is 5.11 Å². The number of nitrogens with one attached hydrogen (secondary N) is 1. The quantitative estimate of drug-likeness (QED) is 0.863. The first-order valence-electron chi connectivity index (χ1n) is 4.87. The fourth-order valence-electron chi connectivity index (χ4n) is 1.31. The number of rotatable bonds is 4. The molecule has 2 N–H and O–H groups in total. The van der Waals surface area contributed by atoms with Crippen LogP contribution >= 0.6 is 31.9 Å². The number of carboxylic acids is 1. The molecule has 4 nitrogen and oxygen atoms in total. The summed E-state index contributed by atoms with van der Waals surface area (Å²) in [5.74, 6) is -1.23. The Morgan fingerprint density at radius 1 is 1.29 bits per heavy atom. The summed E-state index contributed by atoms with van der Waals surface area (Å²) in [4.78, 5) is 22.3. The van der Waals surface area contributed by atoms with Crippen molar-refractivity contribution in [3.63, 3.8) is 0 Å². The lowest BCUT2D eigenvalue weighted by molar-refractivity contribution is -0.137. The highest BCUT2D eigenvalue weighted by Crippen LogP contribution is 2.20. The molecule has 92 valence electrons. The van der Waals surface area contributed by atoms with Gasteiger partial charge in [0.15, 0.2) is 0 Å². The first kappa shape index (κ1) is 14.2. The molecule has 0 aliphatic rings. The van der Waals surface area contributed by atoms with Crippen molar-refractivity contribution in [3.8, 4) is 0 Å². The smallest absolute Gasteiger partial charge is 0.305 e. The van der Waals surface area contributed by atoms with E-state index in [0.717, 1.165) is 8.95 Å². The summed E-state index contributed by atoms with van der Waals surface area (Å²) >= 11 is 6.57. The number of hydrogen-bond donors (Lipinski definition) is 2. The number of carbonyl (C=O) groups excluding carboxylic acids is 1. The van der Waals surface area contributed by atoms with Crippen LogP contribution in [0.3, 0.4) is 0 Å². The van der Waals surface area contributed by atoms with Crippen molar-refractivity contribution in [2.24, 2.45) is 0 Å². The van der Waals surface area contributed by atoms with Gasteiger partial charge < -0.3 is 10.4 Å². The van der Waals surface area contributed by atoms with Crippen molar-refractivity contribution in [3.05, 3.63) is 32.7 Å². The van der Waals surface area contributed by atoms with Gasteiger partial charge in [-0.25, -0.2) is 0 Å². The molecule has 0 bridgehead atoms. The van der Waals surface area contributed by atoms with Crippen LogP contribution in [0.1, 0.15) is 23.7 Å². The lowest BCUT2D eigenvalue weighted by Gasteiger charge is -2.11. The van der Waals surface area contributed by atoms with Gasteiger partial charge in [0.2, 0.25) is 0 Å². The van der Waals surface area contributed by atoms with E-state index in [1.165, 1.54) is 0 Å². The van der Waals surface area contributed by atoms with E-state index in [-0.39, 0.29) is 12.3 Å². The monoisotopic (exact) mass is 363 g/mol. The maximum Gasteiger partial charge on any atom is 0.305 e. The molecule has 6 heteroatoms. The Morgan fingerprint density at radius 2 is 1.82 bits per heavy atom. The first-order valence-corrected chi connectivity index (χ1v) is 6.46. The SMILES string of the molecule is CC(CC(=O)O)NC(=O)c1cc(Br)cc(Br)c1. The van der Waals surface area contributed by atoms with Crippen LogP contribution in [-0.2, 0) is 4.79 Å². The summed E-state index contributed by atoms with van der Waals surface area (Å²) in [6.07, 6.45) is -0.0963. The molecular formula is C11H11Br2NO3. The molecule has 0 aliphatic carbocycles. The molecule has 1 aromatic carbocycles. The van der Waals surface area contributed by atoms with Crippen LogP contribution in [0, 0.1) is 0 Å². The van der Waals surface area contributed by atoms with E-state index in [0.29, 0.717) is 5.56 Å². The minimum Gasteiger partial charge on any atom is -0.481 e. The number of halogens is 2. The number of aliphatic carboxylic acids is 1. The Morgan fingerprint density at radius 3 is 2.29 bits per heavy atom. The predicted octanol–water partition coefficient (Wildman–Crippen LogP) is 2.80. The van der Waals surface area contributed by atoms with Crippen LogP contribution < -0.4 is 5.32 Å². The molecule has 0 saturated carbocycles. The van der Waals surface area contributed by atoms with E-state index in [1.807, 2.05) is 6.07 Å². The Bertz CT molecular complexity index is 428. The highest BCUT2D eigenvalue weighted by atomic mass is 79.9. The molecule has 17 heavy (non-hydrogen) atoms. The van der Waals surface area contributed by atoms with E-state index < -0.39 is 12.0 Å². The van der Waals surface area contributed by atoms with Gasteiger partial charge in [-0.05, 0) is 25.1 Å². The largest absolute Gasteiger partial charge is 0.481 e. The van der Waals surface area contributed by atoms with Crippen molar-refractivity contribution in [1.29, 1.82) is 0 Å². The van der Waals surface area contributed by atoms with Crippen molar-refractivity contribution in [2.75, 3.05) is 0 Å². The number of hydrogen-bond acceptors (Lipinski definition) is 2. The fourth-order valence-corrected chi connectivity index (χ4v) is 2.60. The molecule has 0 fully saturated rings. The first-order chi connectivity index (χ1) is 7.88. The second-order valence-corrected chi connectivity index (χ2v) is 5.46. The Labute approximate surface area is 116 Å². The summed E-state index contributed by atoms with van der Waals surface area (Å²) in [7, 11) is 0. The van der Waals surface area contributed by atoms with E-state index in [1.54, 1.807) is 19.1 Å². The van der Waals surface area contributed by atoms with E-state index in [2.05, 4.69) is 37.2 Å². The van der Waals surface area contributed by atoms with Gasteiger partial charge >= 0.3 is 5.97 Å². The fraction of sp³-hybridized carbons (Fsp3) is 0.273. The van der Waals surface area contributed by atoms with Crippen LogP contribution in [0.15, 0.2) is 27.1 Å². The molecule has 0 heterocycles. The van der Waals surface area contributed by atoms with Gasteiger partial charge in [0, 0.05) is 20.6 Å². The molecule has 0 radical (unpaired) electrons. The minimum atomic E-state index is -0.937. The maximum atomic E-state index is 11.8. The van der Waals surface area contributed by atoms with Gasteiger partial charge in [0.25, 0.3) is 5.91 Å². The average Bonchev–Trinajstić information content (AvgIpc) is 2.14.